The summed E-state index contributed by atoms with van der Waals surface area (Å²) < 4.78 is 2.16. The smallest absolute Gasteiger partial charge is 0.164 e. The monoisotopic (exact) mass is 299 g/mol. The summed E-state index contributed by atoms with van der Waals surface area (Å²) in [6.45, 7) is 4.23. The summed E-state index contributed by atoms with van der Waals surface area (Å²) in [5.41, 5.74) is 5.46. The number of hydrogen-bond donors (Lipinski definition) is 0. The summed E-state index contributed by atoms with van der Waals surface area (Å²) in [5.74, 6) is 1.53. The number of benzene rings is 1. The van der Waals surface area contributed by atoms with Crippen molar-refractivity contribution in [2.45, 2.75) is 26.7 Å². The lowest BCUT2D eigenvalue weighted by Crippen LogP contribution is -2.05. The van der Waals surface area contributed by atoms with Crippen LogP contribution in [0.1, 0.15) is 23.9 Å². The molecule has 1 aromatic carbocycles. The van der Waals surface area contributed by atoms with Crippen molar-refractivity contribution in [3.8, 4) is 5.69 Å². The van der Waals surface area contributed by atoms with Crippen LogP contribution in [0, 0.1) is 6.92 Å². The van der Waals surface area contributed by atoms with Gasteiger partial charge in [0.25, 0.3) is 0 Å². The van der Waals surface area contributed by atoms with Crippen LogP contribution in [-0.2, 0) is 12.8 Å². The lowest BCUT2D eigenvalue weighted by atomic mass is 10.1. The first-order valence-electron chi connectivity index (χ1n) is 7.23. The Morgan fingerprint density at radius 1 is 1.19 bits per heavy atom. The molecule has 0 N–H and O–H groups in total. The number of imidazole rings is 1. The lowest BCUT2D eigenvalue weighted by Gasteiger charge is -2.12. The van der Waals surface area contributed by atoms with Crippen LogP contribution in [0.15, 0.2) is 36.5 Å². The second kappa shape index (κ2) is 5.86. The second-order valence-corrected chi connectivity index (χ2v) is 5.46. The average Bonchev–Trinajstić information content (AvgIpc) is 2.87. The standard InChI is InChI=1S/C17H18ClN3/c1-3-13-6-4-5-7-14(13)21-15(8-10-18)20-16-12(2)9-11-19-17(16)21/h4-7,9,11H,3,8,10H2,1-2H3. The zero-order chi connectivity index (χ0) is 14.8. The van der Waals surface area contributed by atoms with E-state index in [-0.39, 0.29) is 0 Å². The molecule has 0 spiro atoms. The topological polar surface area (TPSA) is 30.7 Å². The highest BCUT2D eigenvalue weighted by atomic mass is 35.5. The predicted octanol–water partition coefficient (Wildman–Crippen LogP) is 4.07. The van der Waals surface area contributed by atoms with Crippen molar-refractivity contribution in [2.24, 2.45) is 0 Å². The molecule has 4 heteroatoms. The van der Waals surface area contributed by atoms with Crippen LogP contribution in [0.25, 0.3) is 16.9 Å². The van der Waals surface area contributed by atoms with Crippen molar-refractivity contribution >= 4 is 22.8 Å². The fourth-order valence-electron chi connectivity index (χ4n) is 2.67. The third-order valence-corrected chi connectivity index (χ3v) is 3.94. The van der Waals surface area contributed by atoms with E-state index >= 15 is 0 Å². The summed E-state index contributed by atoms with van der Waals surface area (Å²) in [5, 5.41) is 0. The molecule has 3 rings (SSSR count). The number of nitrogens with zero attached hydrogens (tertiary/aromatic N) is 3. The van der Waals surface area contributed by atoms with Gasteiger partial charge in [-0.3, -0.25) is 4.57 Å². The van der Waals surface area contributed by atoms with Gasteiger partial charge in [-0.15, -0.1) is 11.6 Å². The molecule has 3 nitrogen and oxygen atoms in total. The number of fused-ring (bicyclic) bond motifs is 1. The minimum atomic E-state index is 0.552. The summed E-state index contributed by atoms with van der Waals surface area (Å²) in [6, 6.07) is 10.4. The maximum Gasteiger partial charge on any atom is 0.164 e. The van der Waals surface area contributed by atoms with Crippen molar-refractivity contribution in [3.05, 3.63) is 53.5 Å². The minimum Gasteiger partial charge on any atom is -0.280 e. The quantitative estimate of drug-likeness (QED) is 0.680. The van der Waals surface area contributed by atoms with Crippen LogP contribution in [0.4, 0.5) is 0 Å². The van der Waals surface area contributed by atoms with Gasteiger partial charge in [-0.1, -0.05) is 25.1 Å². The fraction of sp³-hybridized carbons (Fsp3) is 0.294. The third kappa shape index (κ3) is 2.42. The van der Waals surface area contributed by atoms with Crippen LogP contribution in [0.3, 0.4) is 0 Å². The van der Waals surface area contributed by atoms with Gasteiger partial charge in [-0.2, -0.15) is 0 Å². The van der Waals surface area contributed by atoms with E-state index in [0.29, 0.717) is 5.88 Å². The van der Waals surface area contributed by atoms with E-state index in [1.54, 1.807) is 0 Å². The van der Waals surface area contributed by atoms with E-state index in [4.69, 9.17) is 16.6 Å². The summed E-state index contributed by atoms with van der Waals surface area (Å²) >= 11 is 5.96. The van der Waals surface area contributed by atoms with Gasteiger partial charge in [0.05, 0.1) is 5.69 Å². The molecule has 108 valence electrons. The van der Waals surface area contributed by atoms with Gasteiger partial charge < -0.3 is 0 Å². The molecule has 0 fully saturated rings. The minimum absolute atomic E-state index is 0.552. The molecule has 0 bridgehead atoms. The van der Waals surface area contributed by atoms with Crippen molar-refractivity contribution in [1.29, 1.82) is 0 Å². The van der Waals surface area contributed by atoms with Crippen molar-refractivity contribution in [1.82, 2.24) is 14.5 Å². The first-order valence-corrected chi connectivity index (χ1v) is 7.77. The molecule has 21 heavy (non-hydrogen) atoms. The number of aryl methyl sites for hydroxylation is 3. The van der Waals surface area contributed by atoms with Gasteiger partial charge in [0.1, 0.15) is 11.3 Å². The van der Waals surface area contributed by atoms with Gasteiger partial charge in [0, 0.05) is 18.5 Å². The number of hydrogen-bond acceptors (Lipinski definition) is 2. The van der Waals surface area contributed by atoms with Gasteiger partial charge in [-0.05, 0) is 36.6 Å². The van der Waals surface area contributed by atoms with Crippen molar-refractivity contribution in [2.75, 3.05) is 5.88 Å². The van der Waals surface area contributed by atoms with Gasteiger partial charge >= 0.3 is 0 Å². The number of halogens is 1. The molecule has 0 radical (unpaired) electrons. The van der Waals surface area contributed by atoms with E-state index in [2.05, 4.69) is 47.7 Å². The zero-order valence-electron chi connectivity index (χ0n) is 12.3. The zero-order valence-corrected chi connectivity index (χ0v) is 13.1. The molecule has 0 atom stereocenters. The molecular weight excluding hydrogens is 282 g/mol. The van der Waals surface area contributed by atoms with E-state index < -0.39 is 0 Å². The Hall–Kier alpha value is -1.87. The van der Waals surface area contributed by atoms with E-state index in [0.717, 1.165) is 41.1 Å². The van der Waals surface area contributed by atoms with Crippen LogP contribution in [-0.4, -0.2) is 20.4 Å². The highest BCUT2D eigenvalue weighted by Gasteiger charge is 2.16. The molecule has 2 aromatic heterocycles. The molecule has 2 heterocycles. The summed E-state index contributed by atoms with van der Waals surface area (Å²) in [4.78, 5) is 9.32. The van der Waals surface area contributed by atoms with Crippen molar-refractivity contribution in [3.63, 3.8) is 0 Å². The average molecular weight is 300 g/mol. The summed E-state index contributed by atoms with van der Waals surface area (Å²) in [7, 11) is 0. The molecule has 0 amide bonds. The van der Waals surface area contributed by atoms with Gasteiger partial charge in [-0.25, -0.2) is 9.97 Å². The Kier molecular flexibility index (Phi) is 3.93. The molecule has 0 aliphatic carbocycles. The van der Waals surface area contributed by atoms with Crippen LogP contribution in [0.5, 0.6) is 0 Å². The number of rotatable bonds is 4. The van der Waals surface area contributed by atoms with Crippen molar-refractivity contribution < 1.29 is 0 Å². The van der Waals surface area contributed by atoms with Crippen LogP contribution in [0.2, 0.25) is 0 Å². The maximum atomic E-state index is 5.96. The number of alkyl halides is 1. The molecule has 0 saturated carbocycles. The largest absolute Gasteiger partial charge is 0.280 e. The van der Waals surface area contributed by atoms with Crippen LogP contribution >= 0.6 is 11.6 Å². The van der Waals surface area contributed by atoms with Crippen LogP contribution < -0.4 is 0 Å². The Morgan fingerprint density at radius 3 is 2.76 bits per heavy atom. The van der Waals surface area contributed by atoms with E-state index in [1.807, 2.05) is 12.3 Å². The lowest BCUT2D eigenvalue weighted by molar-refractivity contribution is 0.892. The fourth-order valence-corrected chi connectivity index (χ4v) is 2.84. The highest BCUT2D eigenvalue weighted by molar-refractivity contribution is 6.17. The number of pyridine rings is 1. The number of para-hydroxylation sites is 1. The molecule has 0 saturated heterocycles. The first-order chi connectivity index (χ1) is 10.3. The van der Waals surface area contributed by atoms with E-state index in [9.17, 15) is 0 Å². The molecular formula is C17H18ClN3. The van der Waals surface area contributed by atoms with E-state index in [1.165, 1.54) is 5.56 Å². The Labute approximate surface area is 129 Å². The summed E-state index contributed by atoms with van der Waals surface area (Å²) in [6.07, 6.45) is 3.55. The second-order valence-electron chi connectivity index (χ2n) is 5.08. The third-order valence-electron chi connectivity index (χ3n) is 3.75. The van der Waals surface area contributed by atoms with Gasteiger partial charge in [0.15, 0.2) is 5.65 Å². The number of aromatic nitrogens is 3. The Bertz CT molecular complexity index is 777. The molecule has 0 aliphatic heterocycles. The normalized spacial score (nSPS) is 11.2. The first kappa shape index (κ1) is 14.1. The highest BCUT2D eigenvalue weighted by Crippen LogP contribution is 2.25. The molecule has 0 unspecified atom stereocenters. The molecule has 0 aliphatic rings. The predicted molar refractivity (Wildman–Crippen MR) is 87.4 cm³/mol. The van der Waals surface area contributed by atoms with Gasteiger partial charge in [0.2, 0.25) is 0 Å². The Balaban J connectivity index is 2.34. The SMILES string of the molecule is CCc1ccccc1-n1c(CCCl)nc2c(C)ccnc21. The maximum absolute atomic E-state index is 5.96. The molecule has 3 aromatic rings. The Morgan fingerprint density at radius 2 is 2.00 bits per heavy atom.